The maximum atomic E-state index is 9.12. The van der Waals surface area contributed by atoms with E-state index in [-0.39, 0.29) is 51.4 Å². The van der Waals surface area contributed by atoms with Crippen LogP contribution >= 0.6 is 0 Å². The van der Waals surface area contributed by atoms with Crippen LogP contribution in [0.5, 0.6) is 0 Å². The minimum absolute atomic E-state index is 0. The molecule has 0 fully saturated rings. The zero-order chi connectivity index (χ0) is 3.41. The molecule has 0 heterocycles. The molecule has 0 saturated heterocycles. The predicted octanol–water partition coefficient (Wildman–Crippen LogP) is -3.12. The van der Waals surface area contributed by atoms with Gasteiger partial charge in [0.25, 0.3) is 0 Å². The Morgan fingerprint density at radius 2 is 1.80 bits per heavy atom. The van der Waals surface area contributed by atoms with Crippen molar-refractivity contribution in [3.63, 3.8) is 0 Å². The summed E-state index contributed by atoms with van der Waals surface area (Å²) >= 11 is 0. The molecule has 2 heteroatoms. The van der Waals surface area contributed by atoms with E-state index >= 15 is 0 Å². The Labute approximate surface area is 74.5 Å². The Morgan fingerprint density at radius 1 is 1.60 bits per heavy atom. The van der Waals surface area contributed by atoms with E-state index in [1.54, 1.807) is 6.92 Å². The first-order valence-corrected chi connectivity index (χ1v) is 1.15. The summed E-state index contributed by atoms with van der Waals surface area (Å²) in [5.41, 5.74) is 0. The summed E-state index contributed by atoms with van der Waals surface area (Å²) in [6, 6.07) is 0. The van der Waals surface area contributed by atoms with Gasteiger partial charge in [0.15, 0.2) is 0 Å². The van der Waals surface area contributed by atoms with Crippen molar-refractivity contribution in [2.75, 3.05) is 0 Å². The number of rotatable bonds is 0. The first kappa shape index (κ1) is 9.49. The number of hydrogen-bond acceptors (Lipinski definition) is 1. The maximum absolute atomic E-state index is 9.12. The van der Waals surface area contributed by atoms with Gasteiger partial charge in [-0.25, -0.2) is 0 Å². The molecular formula is C3H5KO. The van der Waals surface area contributed by atoms with E-state index in [2.05, 4.69) is 0 Å². The largest absolute Gasteiger partial charge is 1.00 e. The topological polar surface area (TPSA) is 23.1 Å². The van der Waals surface area contributed by atoms with Gasteiger partial charge in [-0.05, 0) is 6.92 Å². The molecular weight excluding hydrogens is 91.1 g/mol. The van der Waals surface area contributed by atoms with Crippen LogP contribution in [0.2, 0.25) is 0 Å². The Kier molecular flexibility index (Phi) is 17.0. The standard InChI is InChI=1S/C3H6O.K/c1-2-3-4;/h2-4H,1H3;/q;+1/p-1. The molecule has 0 spiro atoms. The Bertz CT molecular complexity index is 22.1. The van der Waals surface area contributed by atoms with Crippen molar-refractivity contribution in [2.24, 2.45) is 0 Å². The van der Waals surface area contributed by atoms with Crippen LogP contribution in [0, 0.1) is 0 Å². The van der Waals surface area contributed by atoms with Gasteiger partial charge >= 0.3 is 51.4 Å². The SMILES string of the molecule is CC=C[O-].[K+]. The van der Waals surface area contributed by atoms with Gasteiger partial charge in [0.1, 0.15) is 0 Å². The summed E-state index contributed by atoms with van der Waals surface area (Å²) < 4.78 is 0. The van der Waals surface area contributed by atoms with Crippen molar-refractivity contribution in [3.8, 4) is 0 Å². The van der Waals surface area contributed by atoms with Gasteiger partial charge in [0.2, 0.25) is 0 Å². The molecule has 5 heavy (non-hydrogen) atoms. The quantitative estimate of drug-likeness (QED) is 0.231. The van der Waals surface area contributed by atoms with Gasteiger partial charge in [-0.15, -0.1) is 6.08 Å². The molecule has 0 N–H and O–H groups in total. The molecule has 0 atom stereocenters. The molecule has 0 aromatic carbocycles. The fourth-order valence-electron chi connectivity index (χ4n) is 0. The van der Waals surface area contributed by atoms with Crippen molar-refractivity contribution in [1.82, 2.24) is 0 Å². The molecule has 1 nitrogen and oxygen atoms in total. The van der Waals surface area contributed by atoms with E-state index in [4.69, 9.17) is 5.11 Å². The number of allylic oxidation sites excluding steroid dienone is 1. The third-order valence-electron chi connectivity index (χ3n) is 0.136. The van der Waals surface area contributed by atoms with Gasteiger partial charge in [-0.3, -0.25) is 0 Å². The molecule has 0 aliphatic carbocycles. The second-order valence-corrected chi connectivity index (χ2v) is 0.469. The normalized spacial score (nSPS) is 7.40. The van der Waals surface area contributed by atoms with Crippen LogP contribution in [-0.2, 0) is 0 Å². The monoisotopic (exact) mass is 96.0 g/mol. The first-order valence-electron chi connectivity index (χ1n) is 1.15. The molecule has 0 saturated carbocycles. The van der Waals surface area contributed by atoms with Crippen molar-refractivity contribution in [2.45, 2.75) is 6.92 Å². The molecule has 0 bridgehead atoms. The van der Waals surface area contributed by atoms with Crippen LogP contribution in [0.3, 0.4) is 0 Å². The third kappa shape index (κ3) is 11.0. The Balaban J connectivity index is 0. The summed E-state index contributed by atoms with van der Waals surface area (Å²) in [4.78, 5) is 0. The zero-order valence-electron chi connectivity index (χ0n) is 3.56. The second kappa shape index (κ2) is 8.95. The molecule has 0 aromatic heterocycles. The Hall–Kier alpha value is 1.18. The van der Waals surface area contributed by atoms with Crippen LogP contribution in [-0.4, -0.2) is 0 Å². The molecule has 0 unspecified atom stereocenters. The zero-order valence-corrected chi connectivity index (χ0v) is 6.69. The fraction of sp³-hybridized carbons (Fsp3) is 0.333. The molecule has 0 aliphatic heterocycles. The average Bonchev–Trinajstić information content (AvgIpc) is 1.37. The molecule has 0 radical (unpaired) electrons. The number of hydrogen-bond donors (Lipinski definition) is 0. The summed E-state index contributed by atoms with van der Waals surface area (Å²) in [6.45, 7) is 1.69. The summed E-state index contributed by atoms with van der Waals surface area (Å²) in [5.74, 6) is 0. The third-order valence-corrected chi connectivity index (χ3v) is 0.136. The van der Waals surface area contributed by atoms with Crippen molar-refractivity contribution in [1.29, 1.82) is 0 Å². The molecule has 0 amide bonds. The van der Waals surface area contributed by atoms with E-state index in [1.165, 1.54) is 6.08 Å². The van der Waals surface area contributed by atoms with Crippen LogP contribution in [0.15, 0.2) is 12.3 Å². The van der Waals surface area contributed by atoms with E-state index in [9.17, 15) is 0 Å². The Morgan fingerprint density at radius 3 is 1.80 bits per heavy atom. The van der Waals surface area contributed by atoms with Crippen LogP contribution < -0.4 is 56.5 Å². The fourth-order valence-corrected chi connectivity index (χ4v) is 0. The summed E-state index contributed by atoms with van der Waals surface area (Å²) in [7, 11) is 0. The van der Waals surface area contributed by atoms with E-state index in [1.807, 2.05) is 0 Å². The van der Waals surface area contributed by atoms with Crippen LogP contribution in [0.4, 0.5) is 0 Å². The van der Waals surface area contributed by atoms with Crippen molar-refractivity contribution >= 4 is 0 Å². The van der Waals surface area contributed by atoms with Gasteiger partial charge < -0.3 is 5.11 Å². The summed E-state index contributed by atoms with van der Waals surface area (Å²) in [6.07, 6.45) is 2.19. The van der Waals surface area contributed by atoms with Gasteiger partial charge in [0, 0.05) is 0 Å². The average molecular weight is 96.2 g/mol. The van der Waals surface area contributed by atoms with E-state index in [0.717, 1.165) is 6.26 Å². The second-order valence-electron chi connectivity index (χ2n) is 0.469. The molecule has 0 aromatic rings. The van der Waals surface area contributed by atoms with Crippen molar-refractivity contribution < 1.29 is 56.5 Å². The van der Waals surface area contributed by atoms with Crippen LogP contribution in [0.25, 0.3) is 0 Å². The molecule has 24 valence electrons. The minimum Gasteiger partial charge on any atom is -0.878 e. The van der Waals surface area contributed by atoms with E-state index in [0.29, 0.717) is 0 Å². The van der Waals surface area contributed by atoms with Gasteiger partial charge in [-0.1, -0.05) is 0 Å². The minimum atomic E-state index is 0. The smallest absolute Gasteiger partial charge is 0.878 e. The van der Waals surface area contributed by atoms with Crippen molar-refractivity contribution in [3.05, 3.63) is 12.3 Å². The maximum Gasteiger partial charge on any atom is 1.00 e. The predicted molar refractivity (Wildman–Crippen MR) is 14.8 cm³/mol. The first-order chi connectivity index (χ1) is 1.91. The van der Waals surface area contributed by atoms with E-state index < -0.39 is 0 Å². The van der Waals surface area contributed by atoms with Gasteiger partial charge in [-0.2, -0.15) is 6.26 Å². The summed E-state index contributed by atoms with van der Waals surface area (Å²) in [5, 5.41) is 9.12. The van der Waals surface area contributed by atoms with Gasteiger partial charge in [0.05, 0.1) is 0 Å². The van der Waals surface area contributed by atoms with Crippen LogP contribution in [0.1, 0.15) is 6.92 Å². The molecule has 0 rings (SSSR count). The molecule has 0 aliphatic rings.